The van der Waals surface area contributed by atoms with Gasteiger partial charge in [0.1, 0.15) is 11.6 Å². The molecule has 1 aromatic carbocycles. The summed E-state index contributed by atoms with van der Waals surface area (Å²) in [5, 5.41) is 3.64. The first-order valence-corrected chi connectivity index (χ1v) is 7.20. The molecule has 0 amide bonds. The predicted octanol–water partition coefficient (Wildman–Crippen LogP) is 4.67. The predicted molar refractivity (Wildman–Crippen MR) is 80.9 cm³/mol. The fraction of sp³-hybridized carbons (Fsp3) is 0.267. The number of aromatic nitrogens is 1. The Bertz CT molecular complexity index is 662. The molecule has 0 fully saturated rings. The molecule has 2 nitrogen and oxygen atoms in total. The summed E-state index contributed by atoms with van der Waals surface area (Å²) in [6.45, 7) is 3.92. The Balaban J connectivity index is 2.61. The van der Waals surface area contributed by atoms with Gasteiger partial charge in [0, 0.05) is 11.8 Å². The Labute approximate surface area is 132 Å². The third-order valence-corrected chi connectivity index (χ3v) is 3.64. The average Bonchev–Trinajstić information content (AvgIpc) is 2.43. The Kier molecular flexibility index (Phi) is 5.14. The van der Waals surface area contributed by atoms with E-state index in [1.807, 2.05) is 6.92 Å². The molecule has 2 aromatic rings. The molecule has 2 rings (SSSR count). The van der Waals surface area contributed by atoms with E-state index in [0.717, 1.165) is 0 Å². The smallest absolute Gasteiger partial charge is 0.134 e. The number of pyridine rings is 1. The maximum Gasteiger partial charge on any atom is 0.134 e. The van der Waals surface area contributed by atoms with Crippen molar-refractivity contribution in [1.82, 2.24) is 10.3 Å². The quantitative estimate of drug-likeness (QED) is 0.880. The molecule has 0 radical (unpaired) electrons. The van der Waals surface area contributed by atoms with Crippen LogP contribution < -0.4 is 5.32 Å². The van der Waals surface area contributed by atoms with E-state index in [9.17, 15) is 8.78 Å². The van der Waals surface area contributed by atoms with Gasteiger partial charge in [-0.1, -0.05) is 36.2 Å². The summed E-state index contributed by atoms with van der Waals surface area (Å²) in [5.41, 5.74) is 0.610. The van der Waals surface area contributed by atoms with Gasteiger partial charge < -0.3 is 5.32 Å². The van der Waals surface area contributed by atoms with Crippen LogP contribution in [0.4, 0.5) is 8.78 Å². The van der Waals surface area contributed by atoms with E-state index in [2.05, 4.69) is 10.3 Å². The molecular weight excluding hydrogens is 317 g/mol. The zero-order valence-corrected chi connectivity index (χ0v) is 13.1. The van der Waals surface area contributed by atoms with Crippen LogP contribution in [0, 0.1) is 18.6 Å². The average molecular weight is 331 g/mol. The molecule has 112 valence electrons. The second-order valence-corrected chi connectivity index (χ2v) is 5.45. The van der Waals surface area contributed by atoms with Crippen molar-refractivity contribution in [1.29, 1.82) is 0 Å². The van der Waals surface area contributed by atoms with Crippen molar-refractivity contribution >= 4 is 23.2 Å². The van der Waals surface area contributed by atoms with Crippen molar-refractivity contribution in [3.8, 4) is 0 Å². The van der Waals surface area contributed by atoms with Crippen LogP contribution in [0.25, 0.3) is 0 Å². The molecule has 1 heterocycles. The fourth-order valence-electron chi connectivity index (χ4n) is 2.12. The number of halogens is 4. The van der Waals surface area contributed by atoms with Gasteiger partial charge in [0.15, 0.2) is 0 Å². The normalized spacial score (nSPS) is 12.5. The molecular formula is C15H14Cl2F2N2. The fourth-order valence-corrected chi connectivity index (χ4v) is 2.61. The van der Waals surface area contributed by atoms with Gasteiger partial charge in [-0.3, -0.25) is 4.98 Å². The van der Waals surface area contributed by atoms with Gasteiger partial charge in [0.25, 0.3) is 0 Å². The zero-order chi connectivity index (χ0) is 15.6. The molecule has 0 aliphatic carbocycles. The van der Waals surface area contributed by atoms with E-state index in [-0.39, 0.29) is 10.6 Å². The summed E-state index contributed by atoms with van der Waals surface area (Å²) in [6, 6.07) is 3.36. The number of nitrogens with zero attached hydrogens (tertiary/aromatic N) is 1. The highest BCUT2D eigenvalue weighted by Crippen LogP contribution is 2.32. The van der Waals surface area contributed by atoms with Crippen molar-refractivity contribution in [3.05, 3.63) is 62.9 Å². The summed E-state index contributed by atoms with van der Waals surface area (Å²) in [6.07, 6.45) is 1.40. The number of nitrogens with one attached hydrogen (secondary N) is 1. The minimum absolute atomic E-state index is 0.0893. The van der Waals surface area contributed by atoms with Crippen molar-refractivity contribution in [3.63, 3.8) is 0 Å². The van der Waals surface area contributed by atoms with Crippen LogP contribution in [0.2, 0.25) is 10.0 Å². The number of benzene rings is 1. The van der Waals surface area contributed by atoms with Gasteiger partial charge >= 0.3 is 0 Å². The molecule has 21 heavy (non-hydrogen) atoms. The largest absolute Gasteiger partial charge is 0.305 e. The first-order chi connectivity index (χ1) is 9.95. The van der Waals surface area contributed by atoms with Gasteiger partial charge in [-0.05, 0) is 31.2 Å². The van der Waals surface area contributed by atoms with Crippen molar-refractivity contribution in [2.24, 2.45) is 0 Å². The minimum Gasteiger partial charge on any atom is -0.305 e. The number of hydrogen-bond donors (Lipinski definition) is 1. The first kappa shape index (κ1) is 16.1. The van der Waals surface area contributed by atoms with Crippen LogP contribution in [-0.4, -0.2) is 11.5 Å². The summed E-state index contributed by atoms with van der Waals surface area (Å²) in [4.78, 5) is 4.13. The summed E-state index contributed by atoms with van der Waals surface area (Å²) in [7, 11) is 0. The van der Waals surface area contributed by atoms with E-state index < -0.39 is 17.7 Å². The molecule has 1 unspecified atom stereocenters. The van der Waals surface area contributed by atoms with Crippen LogP contribution in [0.5, 0.6) is 0 Å². The van der Waals surface area contributed by atoms with Crippen molar-refractivity contribution in [2.45, 2.75) is 19.9 Å². The summed E-state index contributed by atoms with van der Waals surface area (Å²) >= 11 is 11.9. The van der Waals surface area contributed by atoms with Gasteiger partial charge in [-0.15, -0.1) is 0 Å². The molecule has 1 atom stereocenters. The summed E-state index contributed by atoms with van der Waals surface area (Å²) < 4.78 is 28.5. The highest BCUT2D eigenvalue weighted by atomic mass is 35.5. The van der Waals surface area contributed by atoms with Crippen LogP contribution in [-0.2, 0) is 0 Å². The van der Waals surface area contributed by atoms with Crippen LogP contribution in [0.15, 0.2) is 24.4 Å². The second-order valence-electron chi connectivity index (χ2n) is 4.60. The molecule has 0 bridgehead atoms. The van der Waals surface area contributed by atoms with Gasteiger partial charge in [-0.2, -0.15) is 0 Å². The van der Waals surface area contributed by atoms with Gasteiger partial charge in [-0.25, -0.2) is 8.78 Å². The molecule has 6 heteroatoms. The van der Waals surface area contributed by atoms with Gasteiger partial charge in [0.05, 0.1) is 21.8 Å². The highest BCUT2D eigenvalue weighted by Gasteiger charge is 2.25. The number of aryl methyl sites for hydroxylation is 1. The lowest BCUT2D eigenvalue weighted by atomic mass is 9.99. The third-order valence-electron chi connectivity index (χ3n) is 3.13. The van der Waals surface area contributed by atoms with E-state index in [4.69, 9.17) is 23.2 Å². The van der Waals surface area contributed by atoms with E-state index in [1.165, 1.54) is 24.4 Å². The maximum absolute atomic E-state index is 14.4. The monoisotopic (exact) mass is 330 g/mol. The Morgan fingerprint density at radius 1 is 1.29 bits per heavy atom. The Hall–Kier alpha value is -1.23. The molecule has 0 saturated heterocycles. The minimum atomic E-state index is -0.778. The lowest BCUT2D eigenvalue weighted by Crippen LogP contribution is -2.25. The van der Waals surface area contributed by atoms with Crippen LogP contribution in [0.1, 0.15) is 29.8 Å². The molecule has 1 N–H and O–H groups in total. The van der Waals surface area contributed by atoms with Crippen LogP contribution in [0.3, 0.4) is 0 Å². The molecule has 1 aromatic heterocycles. The molecule has 0 aliphatic heterocycles. The van der Waals surface area contributed by atoms with E-state index in [0.29, 0.717) is 22.8 Å². The topological polar surface area (TPSA) is 24.9 Å². The first-order valence-electron chi connectivity index (χ1n) is 6.44. The maximum atomic E-state index is 14.4. The molecule has 0 saturated carbocycles. The number of rotatable bonds is 4. The highest BCUT2D eigenvalue weighted by molar-refractivity contribution is 6.34. The second kappa shape index (κ2) is 6.69. The van der Waals surface area contributed by atoms with Gasteiger partial charge in [0.2, 0.25) is 0 Å². The van der Waals surface area contributed by atoms with E-state index in [1.54, 1.807) is 6.92 Å². The van der Waals surface area contributed by atoms with E-state index >= 15 is 0 Å². The van der Waals surface area contributed by atoms with Crippen LogP contribution >= 0.6 is 23.2 Å². The lowest BCUT2D eigenvalue weighted by Gasteiger charge is -2.21. The van der Waals surface area contributed by atoms with Crippen molar-refractivity contribution in [2.75, 3.05) is 6.54 Å². The lowest BCUT2D eigenvalue weighted by molar-refractivity contribution is 0.501. The number of hydrogen-bond acceptors (Lipinski definition) is 2. The third kappa shape index (κ3) is 3.34. The standard InChI is InChI=1S/C15H14Cl2F2N2/c1-3-20-15(14-10(17)6-9(16)7-21-14)12-11(18)5-4-8(2)13(12)19/h4-7,15,20H,3H2,1-2H3. The van der Waals surface area contributed by atoms with Crippen molar-refractivity contribution < 1.29 is 8.78 Å². The molecule has 0 aliphatic rings. The molecule has 0 spiro atoms. The SMILES string of the molecule is CCNC(c1ncc(Cl)cc1Cl)c1c(F)ccc(C)c1F. The zero-order valence-electron chi connectivity index (χ0n) is 11.6. The Morgan fingerprint density at radius 3 is 2.62 bits per heavy atom. The summed E-state index contributed by atoms with van der Waals surface area (Å²) in [5.74, 6) is -1.24. The Morgan fingerprint density at radius 2 is 2.00 bits per heavy atom.